The number of nitrogens with zero attached hydrogens (tertiary/aromatic N) is 2. The van der Waals surface area contributed by atoms with Crippen LogP contribution in [0, 0.1) is 12.7 Å². The number of carbonyl (C=O) groups is 1. The number of aryl methyl sites for hydroxylation is 1. The number of amides is 1. The van der Waals surface area contributed by atoms with Crippen molar-refractivity contribution in [2.75, 3.05) is 0 Å². The maximum Gasteiger partial charge on any atom is 0.220 e. The van der Waals surface area contributed by atoms with E-state index in [-0.39, 0.29) is 17.0 Å². The highest BCUT2D eigenvalue weighted by Crippen LogP contribution is 2.29. The van der Waals surface area contributed by atoms with Crippen molar-refractivity contribution < 1.29 is 9.18 Å². The molecule has 2 aromatic carbocycles. The molecular formula is C19H17ClFN3O. The Hall–Kier alpha value is -2.40. The van der Waals surface area contributed by atoms with E-state index in [1.165, 1.54) is 6.07 Å². The number of halogens is 2. The zero-order chi connectivity index (χ0) is 17.6. The van der Waals surface area contributed by atoms with E-state index >= 15 is 0 Å². The van der Waals surface area contributed by atoms with Crippen LogP contribution in [0.4, 0.5) is 4.39 Å². The summed E-state index contributed by atoms with van der Waals surface area (Å²) in [6.45, 7) is 2.55. The fraction of sp³-hybridized carbons (Fsp3) is 0.263. The average molecular weight is 358 g/mol. The number of rotatable bonds is 3. The number of fused-ring (bicyclic) bond motifs is 1. The standard InChI is InChI=1S/C19H17ClFN3O/c1-11-2-5-15-17(8-11)24(10-12-3-4-14(21)13(20)9-12)19(23-15)16-6-7-18(25)22-16/h2-5,8-9,16H,6-7,10H2,1H3,(H,22,25). The van der Waals surface area contributed by atoms with Crippen molar-refractivity contribution >= 4 is 28.5 Å². The smallest absolute Gasteiger partial charge is 0.220 e. The number of imidazole rings is 1. The Kier molecular flexibility index (Phi) is 3.96. The molecule has 1 aromatic heterocycles. The maximum absolute atomic E-state index is 13.5. The van der Waals surface area contributed by atoms with E-state index in [4.69, 9.17) is 16.6 Å². The molecule has 128 valence electrons. The molecule has 1 atom stereocenters. The van der Waals surface area contributed by atoms with Gasteiger partial charge in [-0.3, -0.25) is 4.79 Å². The Morgan fingerprint density at radius 1 is 1.32 bits per heavy atom. The first-order valence-corrected chi connectivity index (χ1v) is 8.59. The molecule has 1 aliphatic heterocycles. The van der Waals surface area contributed by atoms with E-state index in [9.17, 15) is 9.18 Å². The van der Waals surface area contributed by atoms with Crippen LogP contribution in [-0.2, 0) is 11.3 Å². The van der Waals surface area contributed by atoms with Gasteiger partial charge < -0.3 is 9.88 Å². The zero-order valence-corrected chi connectivity index (χ0v) is 14.5. The van der Waals surface area contributed by atoms with Gasteiger partial charge in [0, 0.05) is 13.0 Å². The highest BCUT2D eigenvalue weighted by molar-refractivity contribution is 6.30. The van der Waals surface area contributed by atoms with Gasteiger partial charge in [-0.1, -0.05) is 23.7 Å². The van der Waals surface area contributed by atoms with Gasteiger partial charge in [-0.2, -0.15) is 0 Å². The molecule has 1 N–H and O–H groups in total. The number of benzene rings is 2. The fourth-order valence-electron chi connectivity index (χ4n) is 3.31. The van der Waals surface area contributed by atoms with Gasteiger partial charge in [0.25, 0.3) is 0 Å². The van der Waals surface area contributed by atoms with Gasteiger partial charge in [-0.15, -0.1) is 0 Å². The predicted molar refractivity (Wildman–Crippen MR) is 95.1 cm³/mol. The van der Waals surface area contributed by atoms with Crippen LogP contribution < -0.4 is 5.32 Å². The summed E-state index contributed by atoms with van der Waals surface area (Å²) in [7, 11) is 0. The molecule has 3 aromatic rings. The Morgan fingerprint density at radius 2 is 2.16 bits per heavy atom. The second kappa shape index (κ2) is 6.15. The monoisotopic (exact) mass is 357 g/mol. The quantitative estimate of drug-likeness (QED) is 0.765. The number of aromatic nitrogens is 2. The summed E-state index contributed by atoms with van der Waals surface area (Å²) in [6.07, 6.45) is 1.24. The van der Waals surface area contributed by atoms with Crippen molar-refractivity contribution in [2.24, 2.45) is 0 Å². The molecule has 0 bridgehead atoms. The van der Waals surface area contributed by atoms with Crippen molar-refractivity contribution in [2.45, 2.75) is 32.4 Å². The summed E-state index contributed by atoms with van der Waals surface area (Å²) >= 11 is 5.93. The van der Waals surface area contributed by atoms with Crippen LogP contribution in [0.3, 0.4) is 0 Å². The van der Waals surface area contributed by atoms with E-state index in [1.54, 1.807) is 12.1 Å². The Morgan fingerprint density at radius 3 is 2.88 bits per heavy atom. The van der Waals surface area contributed by atoms with Gasteiger partial charge >= 0.3 is 0 Å². The lowest BCUT2D eigenvalue weighted by Crippen LogP contribution is -2.22. The van der Waals surface area contributed by atoms with Gasteiger partial charge in [0.05, 0.1) is 22.1 Å². The lowest BCUT2D eigenvalue weighted by Gasteiger charge is -2.14. The van der Waals surface area contributed by atoms with E-state index in [0.29, 0.717) is 13.0 Å². The van der Waals surface area contributed by atoms with Crippen LogP contribution in [0.1, 0.15) is 35.8 Å². The molecule has 4 nitrogen and oxygen atoms in total. The van der Waals surface area contributed by atoms with Crippen LogP contribution in [0.15, 0.2) is 36.4 Å². The molecule has 0 radical (unpaired) electrons. The van der Waals surface area contributed by atoms with Gasteiger partial charge in [-0.05, 0) is 48.7 Å². The Balaban J connectivity index is 1.82. The summed E-state index contributed by atoms with van der Waals surface area (Å²) < 4.78 is 15.5. The SMILES string of the molecule is Cc1ccc2nc(C3CCC(=O)N3)n(Cc3ccc(F)c(Cl)c3)c2c1. The zero-order valence-electron chi connectivity index (χ0n) is 13.7. The summed E-state index contributed by atoms with van der Waals surface area (Å²) in [5, 5.41) is 3.09. The number of hydrogen-bond donors (Lipinski definition) is 1. The fourth-order valence-corrected chi connectivity index (χ4v) is 3.52. The topological polar surface area (TPSA) is 46.9 Å². The Bertz CT molecular complexity index is 982. The first-order valence-electron chi connectivity index (χ1n) is 8.21. The molecular weight excluding hydrogens is 341 g/mol. The summed E-state index contributed by atoms with van der Waals surface area (Å²) in [5.41, 5.74) is 3.90. The molecule has 1 saturated heterocycles. The van der Waals surface area contributed by atoms with Crippen LogP contribution in [-0.4, -0.2) is 15.5 Å². The second-order valence-corrected chi connectivity index (χ2v) is 6.86. The molecule has 1 fully saturated rings. The Labute approximate surface area is 149 Å². The van der Waals surface area contributed by atoms with E-state index in [2.05, 4.69) is 16.0 Å². The highest BCUT2D eigenvalue weighted by atomic mass is 35.5. The van der Waals surface area contributed by atoms with E-state index < -0.39 is 5.82 Å². The van der Waals surface area contributed by atoms with Crippen LogP contribution in [0.5, 0.6) is 0 Å². The molecule has 1 aliphatic rings. The van der Waals surface area contributed by atoms with Crippen molar-refractivity contribution in [3.63, 3.8) is 0 Å². The highest BCUT2D eigenvalue weighted by Gasteiger charge is 2.27. The third kappa shape index (κ3) is 3.00. The largest absolute Gasteiger partial charge is 0.346 e. The second-order valence-electron chi connectivity index (χ2n) is 6.46. The third-order valence-electron chi connectivity index (χ3n) is 4.56. The van der Waals surface area contributed by atoms with Crippen molar-refractivity contribution in [1.29, 1.82) is 0 Å². The summed E-state index contributed by atoms with van der Waals surface area (Å²) in [5.74, 6) is 0.441. The first-order chi connectivity index (χ1) is 12.0. The van der Waals surface area contributed by atoms with Crippen molar-refractivity contribution in [3.8, 4) is 0 Å². The normalized spacial score (nSPS) is 17.2. The molecule has 6 heteroatoms. The predicted octanol–water partition coefficient (Wildman–Crippen LogP) is 4.14. The minimum Gasteiger partial charge on any atom is -0.346 e. The number of carbonyl (C=O) groups excluding carboxylic acids is 1. The van der Waals surface area contributed by atoms with Gasteiger partial charge in [0.1, 0.15) is 11.6 Å². The molecule has 0 aliphatic carbocycles. The number of nitrogens with one attached hydrogen (secondary N) is 1. The van der Waals surface area contributed by atoms with E-state index in [1.807, 2.05) is 19.1 Å². The third-order valence-corrected chi connectivity index (χ3v) is 4.85. The molecule has 1 amide bonds. The average Bonchev–Trinajstić information content (AvgIpc) is 3.15. The summed E-state index contributed by atoms with van der Waals surface area (Å²) in [6, 6.07) is 10.7. The molecule has 4 rings (SSSR count). The van der Waals surface area contributed by atoms with Crippen molar-refractivity contribution in [3.05, 3.63) is 64.2 Å². The van der Waals surface area contributed by atoms with Crippen LogP contribution in [0.25, 0.3) is 11.0 Å². The minimum absolute atomic E-state index is 0.0459. The lowest BCUT2D eigenvalue weighted by molar-refractivity contribution is -0.119. The lowest BCUT2D eigenvalue weighted by atomic mass is 10.1. The molecule has 25 heavy (non-hydrogen) atoms. The summed E-state index contributed by atoms with van der Waals surface area (Å²) in [4.78, 5) is 16.4. The van der Waals surface area contributed by atoms with Crippen LogP contribution in [0.2, 0.25) is 5.02 Å². The molecule has 0 spiro atoms. The molecule has 2 heterocycles. The van der Waals surface area contributed by atoms with Gasteiger partial charge in [0.2, 0.25) is 5.91 Å². The van der Waals surface area contributed by atoms with Crippen molar-refractivity contribution in [1.82, 2.24) is 14.9 Å². The van der Waals surface area contributed by atoms with Crippen LogP contribution >= 0.6 is 11.6 Å². The molecule has 1 unspecified atom stereocenters. The van der Waals surface area contributed by atoms with E-state index in [0.717, 1.165) is 34.4 Å². The number of hydrogen-bond acceptors (Lipinski definition) is 2. The minimum atomic E-state index is -0.431. The van der Waals surface area contributed by atoms with Gasteiger partial charge in [-0.25, -0.2) is 9.37 Å². The molecule has 0 saturated carbocycles. The maximum atomic E-state index is 13.5. The van der Waals surface area contributed by atoms with Gasteiger partial charge in [0.15, 0.2) is 0 Å². The first kappa shape index (κ1) is 16.1.